The molecule has 2 amide bonds. The summed E-state index contributed by atoms with van der Waals surface area (Å²) in [6.07, 6.45) is -0.624. The maximum Gasteiger partial charge on any atom is 0.404 e. The van der Waals surface area contributed by atoms with Crippen LogP contribution in [-0.2, 0) is 12.1 Å². The monoisotopic (exact) mass is 601 g/mol. The molecule has 1 fully saturated rings. The Labute approximate surface area is 247 Å². The third-order valence-corrected chi connectivity index (χ3v) is 7.95. The van der Waals surface area contributed by atoms with E-state index >= 15 is 8.78 Å². The summed E-state index contributed by atoms with van der Waals surface area (Å²) in [4.78, 5) is 25.9. The zero-order chi connectivity index (χ0) is 31.3. The Bertz CT molecular complexity index is 1500. The van der Waals surface area contributed by atoms with Crippen LogP contribution in [0.15, 0.2) is 48.5 Å². The van der Waals surface area contributed by atoms with Crippen LogP contribution in [0.2, 0.25) is 0 Å². The molecule has 43 heavy (non-hydrogen) atoms. The molecule has 4 N–H and O–H groups in total. The van der Waals surface area contributed by atoms with Crippen molar-refractivity contribution in [1.82, 2.24) is 15.5 Å². The third-order valence-electron chi connectivity index (χ3n) is 7.95. The summed E-state index contributed by atoms with van der Waals surface area (Å²) in [5.41, 5.74) is -1.57. The maximum atomic E-state index is 15.5. The van der Waals surface area contributed by atoms with Gasteiger partial charge in [0.2, 0.25) is 0 Å². The number of piperidine rings is 1. The van der Waals surface area contributed by atoms with E-state index in [1.54, 1.807) is 20.0 Å². The summed E-state index contributed by atoms with van der Waals surface area (Å²) in [5, 5.41) is 26.5. The van der Waals surface area contributed by atoms with Gasteiger partial charge in [-0.05, 0) is 81.1 Å². The summed E-state index contributed by atoms with van der Waals surface area (Å²) in [6, 6.07) is 9.95. The van der Waals surface area contributed by atoms with E-state index < -0.39 is 46.8 Å². The lowest BCUT2D eigenvalue weighted by atomic mass is 9.72. The van der Waals surface area contributed by atoms with Crippen LogP contribution in [0.1, 0.15) is 52.7 Å². The number of likely N-dealkylation sites (tertiary alicyclic amines) is 1. The molecule has 11 heteroatoms. The van der Waals surface area contributed by atoms with E-state index in [4.69, 9.17) is 5.11 Å². The SMILES string of the molecule is CNCc1ccc(C(=O)N2CCCC(C(O)(CCCNC(=O)O)c3cc(F)cc(F)c3-c3cc(C)ccc3F)C2)c(F)c1. The van der Waals surface area contributed by atoms with Gasteiger partial charge in [0.05, 0.1) is 11.2 Å². The van der Waals surface area contributed by atoms with Crippen molar-refractivity contribution < 1.29 is 37.4 Å². The molecule has 3 aromatic carbocycles. The number of hydrogen-bond acceptors (Lipinski definition) is 4. The molecule has 0 radical (unpaired) electrons. The highest BCUT2D eigenvalue weighted by molar-refractivity contribution is 5.94. The molecule has 0 bridgehead atoms. The molecular formula is C32H35F4N3O4. The molecule has 1 aliphatic rings. The molecule has 2 atom stereocenters. The number of carbonyl (C=O) groups is 2. The van der Waals surface area contributed by atoms with Crippen LogP contribution >= 0.6 is 0 Å². The minimum absolute atomic E-state index is 0.0663. The lowest BCUT2D eigenvalue weighted by Gasteiger charge is -2.43. The summed E-state index contributed by atoms with van der Waals surface area (Å²) in [7, 11) is 1.72. The Morgan fingerprint density at radius 1 is 1.02 bits per heavy atom. The molecule has 0 spiro atoms. The fourth-order valence-corrected chi connectivity index (χ4v) is 5.90. The number of benzene rings is 3. The second-order valence-corrected chi connectivity index (χ2v) is 11.0. The van der Waals surface area contributed by atoms with Gasteiger partial charge in [-0.3, -0.25) is 4.79 Å². The standard InChI is InChI=1S/C32H35F4N3O4/c1-19-6-9-26(34)24(13-19)29-25(15-22(33)16-28(29)36)32(43,10-4-11-38-31(41)42)21-5-3-12-39(18-21)30(40)23-8-7-20(17-37-2)14-27(23)35/h6-9,13-16,21,37-38,43H,3-5,10-12,17-18H2,1-2H3,(H,41,42). The molecule has 7 nitrogen and oxygen atoms in total. The minimum Gasteiger partial charge on any atom is -0.465 e. The van der Waals surface area contributed by atoms with Gasteiger partial charge in [0.1, 0.15) is 23.3 Å². The van der Waals surface area contributed by atoms with Crippen LogP contribution in [0.5, 0.6) is 0 Å². The largest absolute Gasteiger partial charge is 0.465 e. The van der Waals surface area contributed by atoms with E-state index in [9.17, 15) is 23.5 Å². The first kappa shape index (κ1) is 32.0. The van der Waals surface area contributed by atoms with Gasteiger partial charge in [-0.15, -0.1) is 0 Å². The lowest BCUT2D eigenvalue weighted by Crippen LogP contribution is -2.48. The summed E-state index contributed by atoms with van der Waals surface area (Å²) in [6.45, 7) is 2.22. The topological polar surface area (TPSA) is 102 Å². The Morgan fingerprint density at radius 2 is 1.79 bits per heavy atom. The number of amides is 2. The summed E-state index contributed by atoms with van der Waals surface area (Å²) in [5.74, 6) is -4.92. The van der Waals surface area contributed by atoms with E-state index in [1.165, 1.54) is 29.2 Å². The Kier molecular flexibility index (Phi) is 10.1. The van der Waals surface area contributed by atoms with E-state index in [-0.39, 0.29) is 54.7 Å². The number of halogens is 4. The first-order valence-electron chi connectivity index (χ1n) is 14.1. The fourth-order valence-electron chi connectivity index (χ4n) is 5.90. The fraction of sp³-hybridized carbons (Fsp3) is 0.375. The molecule has 3 aromatic rings. The summed E-state index contributed by atoms with van der Waals surface area (Å²) < 4.78 is 60.4. The molecule has 1 saturated heterocycles. The molecule has 0 saturated carbocycles. The molecule has 230 valence electrons. The predicted molar refractivity (Wildman–Crippen MR) is 153 cm³/mol. The average molecular weight is 602 g/mol. The van der Waals surface area contributed by atoms with Crippen LogP contribution in [0, 0.1) is 36.1 Å². The van der Waals surface area contributed by atoms with Gasteiger partial charge in [0.25, 0.3) is 5.91 Å². The van der Waals surface area contributed by atoms with Crippen LogP contribution in [0.3, 0.4) is 0 Å². The van der Waals surface area contributed by atoms with Crippen molar-refractivity contribution in [3.8, 4) is 11.1 Å². The molecule has 2 unspecified atom stereocenters. The maximum absolute atomic E-state index is 15.5. The number of aryl methyl sites for hydroxylation is 1. The number of carboxylic acid groups (broad SMARTS) is 1. The van der Waals surface area contributed by atoms with Crippen LogP contribution < -0.4 is 10.6 Å². The van der Waals surface area contributed by atoms with E-state index in [0.29, 0.717) is 36.6 Å². The van der Waals surface area contributed by atoms with Crippen molar-refractivity contribution in [2.75, 3.05) is 26.7 Å². The van der Waals surface area contributed by atoms with Crippen molar-refractivity contribution >= 4 is 12.0 Å². The first-order valence-corrected chi connectivity index (χ1v) is 14.1. The van der Waals surface area contributed by atoms with Gasteiger partial charge in [0.15, 0.2) is 0 Å². The van der Waals surface area contributed by atoms with Gasteiger partial charge >= 0.3 is 6.09 Å². The highest BCUT2D eigenvalue weighted by atomic mass is 19.1. The average Bonchev–Trinajstić information content (AvgIpc) is 2.96. The van der Waals surface area contributed by atoms with Gasteiger partial charge in [-0.1, -0.05) is 17.7 Å². The number of hydrogen-bond donors (Lipinski definition) is 4. The van der Waals surface area contributed by atoms with Crippen LogP contribution in [-0.4, -0.2) is 53.8 Å². The van der Waals surface area contributed by atoms with Gasteiger partial charge in [-0.25, -0.2) is 22.4 Å². The second-order valence-electron chi connectivity index (χ2n) is 11.0. The number of carbonyl (C=O) groups excluding carboxylic acids is 1. The highest BCUT2D eigenvalue weighted by Crippen LogP contribution is 2.45. The Hall–Kier alpha value is -3.96. The number of nitrogens with zero attached hydrogens (tertiary/aromatic N) is 1. The van der Waals surface area contributed by atoms with Gasteiger partial charge in [-0.2, -0.15) is 0 Å². The van der Waals surface area contributed by atoms with Crippen molar-refractivity contribution in [2.24, 2.45) is 5.92 Å². The Morgan fingerprint density at radius 3 is 2.49 bits per heavy atom. The van der Waals surface area contributed by atoms with Crippen molar-refractivity contribution in [1.29, 1.82) is 0 Å². The normalized spacial score (nSPS) is 16.5. The number of aliphatic hydroxyl groups is 1. The quantitative estimate of drug-likeness (QED) is 0.176. The van der Waals surface area contributed by atoms with E-state index in [2.05, 4.69) is 10.6 Å². The molecule has 0 aromatic heterocycles. The molecular weight excluding hydrogens is 566 g/mol. The Balaban J connectivity index is 1.76. The van der Waals surface area contributed by atoms with Crippen molar-refractivity contribution in [3.63, 3.8) is 0 Å². The number of rotatable bonds is 10. The zero-order valence-electron chi connectivity index (χ0n) is 24.0. The molecule has 4 rings (SSSR count). The zero-order valence-corrected chi connectivity index (χ0v) is 24.0. The smallest absolute Gasteiger partial charge is 0.404 e. The second kappa shape index (κ2) is 13.6. The predicted octanol–water partition coefficient (Wildman–Crippen LogP) is 5.73. The van der Waals surface area contributed by atoms with Crippen molar-refractivity contribution in [3.05, 3.63) is 94.1 Å². The van der Waals surface area contributed by atoms with E-state index in [0.717, 1.165) is 12.1 Å². The van der Waals surface area contributed by atoms with E-state index in [1.807, 2.05) is 0 Å². The van der Waals surface area contributed by atoms with Gasteiger partial charge in [0, 0.05) is 49.3 Å². The minimum atomic E-state index is -2.01. The highest BCUT2D eigenvalue weighted by Gasteiger charge is 2.44. The first-order chi connectivity index (χ1) is 20.4. The molecule has 1 aliphatic heterocycles. The van der Waals surface area contributed by atoms with Gasteiger partial charge < -0.3 is 25.7 Å². The lowest BCUT2D eigenvalue weighted by molar-refractivity contribution is -0.0567. The summed E-state index contributed by atoms with van der Waals surface area (Å²) >= 11 is 0. The van der Waals surface area contributed by atoms with Crippen LogP contribution in [0.25, 0.3) is 11.1 Å². The molecule has 1 heterocycles. The number of nitrogens with one attached hydrogen (secondary N) is 2. The third kappa shape index (κ3) is 7.17. The van der Waals surface area contributed by atoms with Crippen molar-refractivity contribution in [2.45, 2.75) is 44.8 Å². The molecule has 0 aliphatic carbocycles. The van der Waals surface area contributed by atoms with Crippen LogP contribution in [0.4, 0.5) is 22.4 Å².